The van der Waals surface area contributed by atoms with Crippen LogP contribution in [0.5, 0.6) is 0 Å². The molecule has 0 saturated carbocycles. The smallest absolute Gasteiger partial charge is 0.222 e. The second-order valence-electron chi connectivity index (χ2n) is 2.93. The van der Waals surface area contributed by atoms with Crippen LogP contribution in [0.1, 0.15) is 33.6 Å². The first-order valence-corrected chi connectivity index (χ1v) is 4.03. The van der Waals surface area contributed by atoms with Gasteiger partial charge in [-0.05, 0) is 20.3 Å². The van der Waals surface area contributed by atoms with Crippen LogP contribution in [0, 0.1) is 0 Å². The molecule has 0 fully saturated rings. The number of carbonyl (C=O) groups is 1. The van der Waals surface area contributed by atoms with Crippen molar-refractivity contribution < 1.29 is 9.90 Å². The molecule has 0 radical (unpaired) electrons. The summed E-state index contributed by atoms with van der Waals surface area (Å²) in [5, 5.41) is 11.6. The summed E-state index contributed by atoms with van der Waals surface area (Å²) in [6.45, 7) is 5.56. The van der Waals surface area contributed by atoms with Crippen molar-refractivity contribution in [3.05, 3.63) is 0 Å². The zero-order valence-corrected chi connectivity index (χ0v) is 7.42. The van der Waals surface area contributed by atoms with E-state index >= 15 is 0 Å². The first-order valence-electron chi connectivity index (χ1n) is 4.03. The Labute approximate surface area is 67.8 Å². The van der Waals surface area contributed by atoms with Gasteiger partial charge >= 0.3 is 0 Å². The van der Waals surface area contributed by atoms with Gasteiger partial charge in [-0.2, -0.15) is 0 Å². The average Bonchev–Trinajstić information content (AvgIpc) is 1.85. The Morgan fingerprint density at radius 3 is 2.45 bits per heavy atom. The van der Waals surface area contributed by atoms with Crippen LogP contribution in [0.2, 0.25) is 0 Å². The van der Waals surface area contributed by atoms with Crippen molar-refractivity contribution in [2.45, 2.75) is 45.8 Å². The maximum atomic E-state index is 11.0. The predicted octanol–water partition coefficient (Wildman–Crippen LogP) is 0.672. The van der Waals surface area contributed by atoms with Gasteiger partial charge in [-0.25, -0.2) is 0 Å². The van der Waals surface area contributed by atoms with Crippen molar-refractivity contribution >= 4 is 5.91 Å². The van der Waals surface area contributed by atoms with E-state index < -0.39 is 6.10 Å². The molecule has 0 aromatic rings. The van der Waals surface area contributed by atoms with Gasteiger partial charge in [-0.3, -0.25) is 4.79 Å². The van der Waals surface area contributed by atoms with E-state index in [9.17, 15) is 4.79 Å². The molecule has 3 nitrogen and oxygen atoms in total. The first kappa shape index (κ1) is 10.4. The molecule has 2 N–H and O–H groups in total. The fourth-order valence-electron chi connectivity index (χ4n) is 0.704. The Bertz CT molecular complexity index is 123. The molecule has 0 rings (SSSR count). The molecule has 0 aliphatic heterocycles. The van der Waals surface area contributed by atoms with Crippen molar-refractivity contribution in [1.82, 2.24) is 5.32 Å². The summed E-state index contributed by atoms with van der Waals surface area (Å²) in [6, 6.07) is 0.209. The van der Waals surface area contributed by atoms with Gasteiger partial charge in [0.2, 0.25) is 5.91 Å². The fourth-order valence-corrected chi connectivity index (χ4v) is 0.704. The SMILES string of the molecule is CCC(C)NC(=O)CC(C)O. The molecule has 11 heavy (non-hydrogen) atoms. The topological polar surface area (TPSA) is 49.3 Å². The number of hydrogen-bond acceptors (Lipinski definition) is 2. The minimum absolute atomic E-state index is 0.0747. The lowest BCUT2D eigenvalue weighted by atomic mass is 10.2. The molecule has 0 aromatic carbocycles. The largest absolute Gasteiger partial charge is 0.393 e. The number of carbonyl (C=O) groups excluding carboxylic acids is 1. The quantitative estimate of drug-likeness (QED) is 0.633. The monoisotopic (exact) mass is 159 g/mol. The van der Waals surface area contributed by atoms with Gasteiger partial charge in [0.15, 0.2) is 0 Å². The Balaban J connectivity index is 3.52. The zero-order valence-electron chi connectivity index (χ0n) is 7.42. The van der Waals surface area contributed by atoms with Crippen LogP contribution in [0.15, 0.2) is 0 Å². The maximum Gasteiger partial charge on any atom is 0.222 e. The highest BCUT2D eigenvalue weighted by Crippen LogP contribution is 1.92. The average molecular weight is 159 g/mol. The van der Waals surface area contributed by atoms with Crippen LogP contribution in [0.3, 0.4) is 0 Å². The Hall–Kier alpha value is -0.570. The van der Waals surface area contributed by atoms with Crippen molar-refractivity contribution in [3.63, 3.8) is 0 Å². The third-order valence-electron chi connectivity index (χ3n) is 1.50. The van der Waals surface area contributed by atoms with Crippen LogP contribution in [-0.2, 0) is 4.79 Å². The summed E-state index contributed by atoms with van der Waals surface area (Å²) in [5.74, 6) is -0.0747. The summed E-state index contributed by atoms with van der Waals surface area (Å²) in [5.41, 5.74) is 0. The maximum absolute atomic E-state index is 11.0. The third-order valence-corrected chi connectivity index (χ3v) is 1.50. The van der Waals surface area contributed by atoms with Crippen molar-refractivity contribution in [2.75, 3.05) is 0 Å². The van der Waals surface area contributed by atoms with Gasteiger partial charge in [-0.15, -0.1) is 0 Å². The summed E-state index contributed by atoms with van der Waals surface area (Å²) in [7, 11) is 0. The van der Waals surface area contributed by atoms with Crippen molar-refractivity contribution in [2.24, 2.45) is 0 Å². The molecule has 0 heterocycles. The molecule has 2 atom stereocenters. The molecular formula is C8H17NO2. The highest BCUT2D eigenvalue weighted by atomic mass is 16.3. The van der Waals surface area contributed by atoms with E-state index in [1.165, 1.54) is 0 Å². The highest BCUT2D eigenvalue weighted by molar-refractivity contribution is 5.76. The summed E-state index contributed by atoms with van der Waals surface area (Å²) >= 11 is 0. The van der Waals surface area contributed by atoms with E-state index in [1.807, 2.05) is 13.8 Å². The number of amides is 1. The lowest BCUT2D eigenvalue weighted by Gasteiger charge is -2.11. The van der Waals surface area contributed by atoms with Crippen LogP contribution < -0.4 is 5.32 Å². The number of hydrogen-bond donors (Lipinski definition) is 2. The zero-order chi connectivity index (χ0) is 8.85. The van der Waals surface area contributed by atoms with Gasteiger partial charge in [0.05, 0.1) is 12.5 Å². The second kappa shape index (κ2) is 5.13. The molecule has 0 aliphatic carbocycles. The summed E-state index contributed by atoms with van der Waals surface area (Å²) in [6.07, 6.45) is 0.578. The molecule has 2 unspecified atom stereocenters. The highest BCUT2D eigenvalue weighted by Gasteiger charge is 2.07. The van der Waals surface area contributed by atoms with Gasteiger partial charge in [-0.1, -0.05) is 6.92 Å². The third kappa shape index (κ3) is 5.85. The fraction of sp³-hybridized carbons (Fsp3) is 0.875. The Morgan fingerprint density at radius 1 is 1.55 bits per heavy atom. The summed E-state index contributed by atoms with van der Waals surface area (Å²) < 4.78 is 0. The minimum atomic E-state index is -0.543. The van der Waals surface area contributed by atoms with E-state index in [2.05, 4.69) is 5.32 Å². The first-order chi connectivity index (χ1) is 5.06. The molecule has 0 aromatic heterocycles. The van der Waals surface area contributed by atoms with Crippen LogP contribution in [0.25, 0.3) is 0 Å². The standard InChI is InChI=1S/C8H17NO2/c1-4-6(2)9-8(11)5-7(3)10/h6-7,10H,4-5H2,1-3H3,(H,9,11). The number of aliphatic hydroxyl groups is 1. The number of rotatable bonds is 4. The van der Waals surface area contributed by atoms with E-state index in [0.717, 1.165) is 6.42 Å². The van der Waals surface area contributed by atoms with Gasteiger partial charge < -0.3 is 10.4 Å². The van der Waals surface area contributed by atoms with Gasteiger partial charge in [0.25, 0.3) is 0 Å². The van der Waals surface area contributed by atoms with Crippen LogP contribution >= 0.6 is 0 Å². The molecule has 1 amide bonds. The lowest BCUT2D eigenvalue weighted by Crippen LogP contribution is -2.33. The lowest BCUT2D eigenvalue weighted by molar-refractivity contribution is -0.123. The molecule has 0 spiro atoms. The Kier molecular flexibility index (Phi) is 4.86. The molecule has 0 aliphatic rings. The van der Waals surface area contributed by atoms with E-state index in [4.69, 9.17) is 5.11 Å². The molecule has 0 saturated heterocycles. The van der Waals surface area contributed by atoms with Gasteiger partial charge in [0.1, 0.15) is 0 Å². The number of nitrogens with one attached hydrogen (secondary N) is 1. The van der Waals surface area contributed by atoms with Crippen molar-refractivity contribution in [3.8, 4) is 0 Å². The van der Waals surface area contributed by atoms with Crippen LogP contribution in [-0.4, -0.2) is 23.2 Å². The van der Waals surface area contributed by atoms with Crippen LogP contribution in [0.4, 0.5) is 0 Å². The Morgan fingerprint density at radius 2 is 2.09 bits per heavy atom. The predicted molar refractivity (Wildman–Crippen MR) is 44.2 cm³/mol. The minimum Gasteiger partial charge on any atom is -0.393 e. The molecular weight excluding hydrogens is 142 g/mol. The van der Waals surface area contributed by atoms with E-state index in [0.29, 0.717) is 0 Å². The summed E-state index contributed by atoms with van der Waals surface area (Å²) in [4.78, 5) is 11.0. The van der Waals surface area contributed by atoms with Crippen molar-refractivity contribution in [1.29, 1.82) is 0 Å². The molecule has 66 valence electrons. The van der Waals surface area contributed by atoms with Gasteiger partial charge in [0, 0.05) is 6.04 Å². The molecule has 3 heteroatoms. The molecule has 0 bridgehead atoms. The second-order valence-corrected chi connectivity index (χ2v) is 2.93. The van der Waals surface area contributed by atoms with E-state index in [-0.39, 0.29) is 18.4 Å². The van der Waals surface area contributed by atoms with E-state index in [1.54, 1.807) is 6.92 Å². The number of aliphatic hydroxyl groups excluding tert-OH is 1. The normalized spacial score (nSPS) is 15.6.